The van der Waals surface area contributed by atoms with Crippen LogP contribution in [0.5, 0.6) is 0 Å². The molecule has 0 radical (unpaired) electrons. The molecule has 2 rings (SSSR count). The summed E-state index contributed by atoms with van der Waals surface area (Å²) < 4.78 is 5.39. The lowest BCUT2D eigenvalue weighted by Crippen LogP contribution is -2.45. The highest BCUT2D eigenvalue weighted by molar-refractivity contribution is 5.78. The molecule has 5 heteroatoms. The molecule has 2 unspecified atom stereocenters. The monoisotopic (exact) mass is 255 g/mol. The van der Waals surface area contributed by atoms with Gasteiger partial charge in [-0.25, -0.2) is 0 Å². The Morgan fingerprint density at radius 2 is 2.11 bits per heavy atom. The molecule has 0 aromatic carbocycles. The zero-order valence-corrected chi connectivity index (χ0v) is 11.4. The van der Waals surface area contributed by atoms with E-state index in [0.717, 1.165) is 19.0 Å². The number of likely N-dealkylation sites (tertiary alicyclic amines) is 1. The van der Waals surface area contributed by atoms with Crippen molar-refractivity contribution in [2.75, 3.05) is 26.2 Å². The van der Waals surface area contributed by atoms with Crippen LogP contribution in [0.3, 0.4) is 0 Å². The molecule has 0 spiro atoms. The molecule has 0 amide bonds. The molecule has 0 aliphatic carbocycles. The summed E-state index contributed by atoms with van der Waals surface area (Å²) in [6.45, 7) is 7.05. The van der Waals surface area contributed by atoms with Crippen molar-refractivity contribution >= 4 is 5.96 Å². The maximum absolute atomic E-state index is 10.3. The van der Waals surface area contributed by atoms with Crippen LogP contribution in [0.15, 0.2) is 4.99 Å². The van der Waals surface area contributed by atoms with E-state index < -0.39 is 5.60 Å². The fourth-order valence-corrected chi connectivity index (χ4v) is 2.53. The number of aliphatic imine (C=N–C) groups is 1. The van der Waals surface area contributed by atoms with Gasteiger partial charge in [0.1, 0.15) is 5.60 Å². The minimum Gasteiger partial charge on any atom is -0.385 e. The average molecular weight is 255 g/mol. The zero-order chi connectivity index (χ0) is 13.2. The first-order chi connectivity index (χ1) is 8.51. The topological polar surface area (TPSA) is 71.1 Å². The van der Waals surface area contributed by atoms with Gasteiger partial charge in [0, 0.05) is 26.1 Å². The molecule has 0 aromatic rings. The Balaban J connectivity index is 1.88. The van der Waals surface area contributed by atoms with Crippen LogP contribution in [0.1, 0.15) is 33.1 Å². The van der Waals surface area contributed by atoms with Crippen molar-refractivity contribution in [3.63, 3.8) is 0 Å². The summed E-state index contributed by atoms with van der Waals surface area (Å²) in [5, 5.41) is 10.3. The maximum atomic E-state index is 10.3. The first kappa shape index (κ1) is 13.6. The van der Waals surface area contributed by atoms with E-state index >= 15 is 0 Å². The van der Waals surface area contributed by atoms with E-state index in [1.54, 1.807) is 0 Å². The van der Waals surface area contributed by atoms with E-state index in [0.29, 0.717) is 25.5 Å². The van der Waals surface area contributed by atoms with Crippen molar-refractivity contribution in [1.29, 1.82) is 0 Å². The summed E-state index contributed by atoms with van der Waals surface area (Å²) in [5.74, 6) is 1.34. The second kappa shape index (κ2) is 5.45. The van der Waals surface area contributed by atoms with Crippen LogP contribution in [0.2, 0.25) is 0 Å². The van der Waals surface area contributed by atoms with E-state index in [1.165, 1.54) is 12.8 Å². The van der Waals surface area contributed by atoms with Crippen LogP contribution in [-0.2, 0) is 4.74 Å². The first-order valence-electron chi connectivity index (χ1n) is 6.90. The molecular weight excluding hydrogens is 230 g/mol. The quantitative estimate of drug-likeness (QED) is 0.559. The van der Waals surface area contributed by atoms with Crippen molar-refractivity contribution in [3.05, 3.63) is 0 Å². The largest absolute Gasteiger partial charge is 0.385 e. The summed E-state index contributed by atoms with van der Waals surface area (Å²) >= 11 is 0. The predicted octanol–water partition coefficient (Wildman–Crippen LogP) is 0.573. The van der Waals surface area contributed by atoms with Crippen molar-refractivity contribution < 1.29 is 9.84 Å². The van der Waals surface area contributed by atoms with Gasteiger partial charge in [-0.15, -0.1) is 0 Å². The molecule has 0 saturated carbocycles. The molecule has 2 aliphatic rings. The van der Waals surface area contributed by atoms with Crippen LogP contribution in [-0.4, -0.2) is 53.9 Å². The lowest BCUT2D eigenvalue weighted by molar-refractivity contribution is -0.0202. The minimum absolute atomic E-state index is 0.157. The van der Waals surface area contributed by atoms with Crippen LogP contribution in [0, 0.1) is 5.92 Å². The van der Waals surface area contributed by atoms with E-state index in [2.05, 4.69) is 16.8 Å². The molecular formula is C13H25N3O2. The second-order valence-electron chi connectivity index (χ2n) is 5.71. The number of rotatable bonds is 2. The Hall–Kier alpha value is -0.810. The normalized spacial score (nSPS) is 35.2. The first-order valence-corrected chi connectivity index (χ1v) is 6.90. The average Bonchev–Trinajstić information content (AvgIpc) is 2.68. The molecule has 18 heavy (non-hydrogen) atoms. The molecule has 104 valence electrons. The lowest BCUT2D eigenvalue weighted by Gasteiger charge is -2.32. The van der Waals surface area contributed by atoms with Gasteiger partial charge in [-0.1, -0.05) is 6.92 Å². The molecule has 2 aliphatic heterocycles. The minimum atomic E-state index is -0.840. The van der Waals surface area contributed by atoms with Gasteiger partial charge in [-0.3, -0.25) is 4.99 Å². The van der Waals surface area contributed by atoms with Crippen molar-refractivity contribution in [3.8, 4) is 0 Å². The Kier molecular flexibility index (Phi) is 4.12. The van der Waals surface area contributed by atoms with Gasteiger partial charge >= 0.3 is 0 Å². The fraction of sp³-hybridized carbons (Fsp3) is 0.923. The zero-order valence-electron chi connectivity index (χ0n) is 11.4. The highest BCUT2D eigenvalue weighted by atomic mass is 16.5. The molecule has 2 heterocycles. The van der Waals surface area contributed by atoms with E-state index in [1.807, 2.05) is 6.92 Å². The van der Waals surface area contributed by atoms with Crippen LogP contribution in [0.25, 0.3) is 0 Å². The molecule has 2 fully saturated rings. The van der Waals surface area contributed by atoms with Crippen LogP contribution < -0.4 is 5.73 Å². The smallest absolute Gasteiger partial charge is 0.191 e. The standard InChI is InChI=1S/C13H25N3O2/c1-10-3-6-16(7-4-10)12(14)15-9-13(17)5-8-18-11(13)2/h10-11,17H,3-9H2,1-2H3,(H2,14,15). The number of nitrogens with two attached hydrogens (primary N) is 1. The highest BCUT2D eigenvalue weighted by Crippen LogP contribution is 2.26. The Morgan fingerprint density at radius 3 is 2.67 bits per heavy atom. The number of nitrogens with zero attached hydrogens (tertiary/aromatic N) is 2. The van der Waals surface area contributed by atoms with Crippen molar-refractivity contribution in [2.45, 2.75) is 44.8 Å². The van der Waals surface area contributed by atoms with Gasteiger partial charge in [0.2, 0.25) is 0 Å². The third-order valence-corrected chi connectivity index (χ3v) is 4.28. The Bertz CT molecular complexity index is 313. The number of piperidine rings is 1. The number of aliphatic hydroxyl groups is 1. The molecule has 3 N–H and O–H groups in total. The molecule has 0 aromatic heterocycles. The van der Waals surface area contributed by atoms with Gasteiger partial charge in [0.15, 0.2) is 5.96 Å². The summed E-state index contributed by atoms with van der Waals surface area (Å²) in [5.41, 5.74) is 5.16. The van der Waals surface area contributed by atoms with E-state index in [-0.39, 0.29) is 6.10 Å². The predicted molar refractivity (Wildman–Crippen MR) is 71.4 cm³/mol. The third kappa shape index (κ3) is 2.95. The van der Waals surface area contributed by atoms with Gasteiger partial charge in [-0.2, -0.15) is 0 Å². The second-order valence-corrected chi connectivity index (χ2v) is 5.71. The van der Waals surface area contributed by atoms with Crippen molar-refractivity contribution in [2.24, 2.45) is 16.6 Å². The third-order valence-electron chi connectivity index (χ3n) is 4.28. The molecule has 0 bridgehead atoms. The summed E-state index contributed by atoms with van der Waals surface area (Å²) in [6.07, 6.45) is 2.82. The van der Waals surface area contributed by atoms with Crippen LogP contribution >= 0.6 is 0 Å². The number of guanidine groups is 1. The van der Waals surface area contributed by atoms with Gasteiger partial charge in [0.05, 0.1) is 12.6 Å². The Morgan fingerprint density at radius 1 is 1.44 bits per heavy atom. The van der Waals surface area contributed by atoms with Gasteiger partial charge in [-0.05, 0) is 25.7 Å². The number of ether oxygens (including phenoxy) is 1. The molecule has 2 atom stereocenters. The Labute approximate surface area is 109 Å². The fourth-order valence-electron chi connectivity index (χ4n) is 2.53. The summed E-state index contributed by atoms with van der Waals surface area (Å²) in [7, 11) is 0. The van der Waals surface area contributed by atoms with Gasteiger partial charge < -0.3 is 20.5 Å². The summed E-state index contributed by atoms with van der Waals surface area (Å²) in [6, 6.07) is 0. The highest BCUT2D eigenvalue weighted by Gasteiger charge is 2.39. The maximum Gasteiger partial charge on any atom is 0.191 e. The van der Waals surface area contributed by atoms with E-state index in [9.17, 15) is 5.11 Å². The molecule has 2 saturated heterocycles. The molecule has 5 nitrogen and oxygen atoms in total. The van der Waals surface area contributed by atoms with Crippen molar-refractivity contribution in [1.82, 2.24) is 4.90 Å². The van der Waals surface area contributed by atoms with Crippen LogP contribution in [0.4, 0.5) is 0 Å². The number of hydrogen-bond donors (Lipinski definition) is 2. The van der Waals surface area contributed by atoms with E-state index in [4.69, 9.17) is 10.5 Å². The SMILES string of the molecule is CC1CCN(C(N)=NCC2(O)CCOC2C)CC1. The number of hydrogen-bond acceptors (Lipinski definition) is 3. The lowest BCUT2D eigenvalue weighted by atomic mass is 9.97. The summed E-state index contributed by atoms with van der Waals surface area (Å²) in [4.78, 5) is 6.48. The van der Waals surface area contributed by atoms with Gasteiger partial charge in [0.25, 0.3) is 0 Å².